The molecule has 0 aromatic rings. The number of hydrogen-bond acceptors (Lipinski definition) is 4. The van der Waals surface area contributed by atoms with Gasteiger partial charge in [0.2, 0.25) is 16.6 Å². The van der Waals surface area contributed by atoms with Crippen molar-refractivity contribution in [3.05, 3.63) is 12.2 Å². The molecule has 0 radical (unpaired) electrons. The van der Waals surface area contributed by atoms with E-state index in [0.717, 1.165) is 0 Å². The molecule has 0 aliphatic heterocycles. The molecule has 0 bridgehead atoms. The molecular formula is C12H25NO3Si2. The Morgan fingerprint density at radius 2 is 1.56 bits per heavy atom. The summed E-state index contributed by atoms with van der Waals surface area (Å²) < 4.78 is 11.1. The summed E-state index contributed by atoms with van der Waals surface area (Å²) in [6, 6.07) is 0. The largest absolute Gasteiger partial charge is 0.532 e. The van der Waals surface area contributed by atoms with Crippen LogP contribution in [-0.4, -0.2) is 35.0 Å². The molecule has 0 aliphatic carbocycles. The maximum atomic E-state index is 11.6. The van der Waals surface area contributed by atoms with Gasteiger partial charge in [-0.15, -0.1) is 0 Å². The summed E-state index contributed by atoms with van der Waals surface area (Å²) in [6.45, 7) is 14.1. The quantitative estimate of drug-likeness (QED) is 0.443. The Bertz CT molecular complexity index is 338. The standard InChI is InChI=1S/C12H25NO3Si2/c1-8-9-11(15-17(2,3)4)13-10-12(14)16-18(5,6)7/h8-9H,10H2,1-7H3/b9-8+,13-11?. The Morgan fingerprint density at radius 3 is 1.94 bits per heavy atom. The van der Waals surface area contributed by atoms with Crippen LogP contribution in [0.5, 0.6) is 0 Å². The van der Waals surface area contributed by atoms with E-state index in [4.69, 9.17) is 8.85 Å². The van der Waals surface area contributed by atoms with E-state index in [1.165, 1.54) is 0 Å². The topological polar surface area (TPSA) is 47.9 Å². The Balaban J connectivity index is 4.55. The molecule has 0 heterocycles. The minimum absolute atomic E-state index is 0.0222. The van der Waals surface area contributed by atoms with E-state index >= 15 is 0 Å². The first-order chi connectivity index (χ1) is 8.03. The number of nitrogens with zero attached hydrogens (tertiary/aromatic N) is 1. The monoisotopic (exact) mass is 287 g/mol. The molecule has 4 nitrogen and oxygen atoms in total. The van der Waals surface area contributed by atoms with Crippen molar-refractivity contribution in [2.24, 2.45) is 4.99 Å². The highest BCUT2D eigenvalue weighted by Gasteiger charge is 2.20. The average Bonchev–Trinajstić information content (AvgIpc) is 2.09. The van der Waals surface area contributed by atoms with Gasteiger partial charge in [-0.1, -0.05) is 6.08 Å². The number of carbonyl (C=O) groups excluding carboxylic acids is 1. The van der Waals surface area contributed by atoms with Crippen molar-refractivity contribution < 1.29 is 13.6 Å². The normalized spacial score (nSPS) is 13.8. The smallest absolute Gasteiger partial charge is 0.314 e. The minimum Gasteiger partial charge on any atom is -0.532 e. The van der Waals surface area contributed by atoms with Gasteiger partial charge >= 0.3 is 5.97 Å². The van der Waals surface area contributed by atoms with Crippen LogP contribution < -0.4 is 0 Å². The molecule has 0 saturated carbocycles. The lowest BCUT2D eigenvalue weighted by atomic mass is 10.5. The summed E-state index contributed by atoms with van der Waals surface area (Å²) in [5.41, 5.74) is 0. The maximum absolute atomic E-state index is 11.6. The maximum Gasteiger partial charge on any atom is 0.314 e. The predicted molar refractivity (Wildman–Crippen MR) is 81.0 cm³/mol. The van der Waals surface area contributed by atoms with E-state index < -0.39 is 16.6 Å². The molecule has 0 unspecified atom stereocenters. The van der Waals surface area contributed by atoms with Crippen LogP contribution in [0, 0.1) is 0 Å². The Morgan fingerprint density at radius 1 is 1.06 bits per heavy atom. The van der Waals surface area contributed by atoms with Gasteiger partial charge in [0.25, 0.3) is 0 Å². The number of hydrogen-bond donors (Lipinski definition) is 0. The molecule has 0 aromatic carbocycles. The van der Waals surface area contributed by atoms with Gasteiger partial charge in [0.15, 0.2) is 5.90 Å². The summed E-state index contributed by atoms with van der Waals surface area (Å²) in [5.74, 6) is 0.236. The van der Waals surface area contributed by atoms with Gasteiger partial charge in [-0.3, -0.25) is 4.79 Å². The summed E-state index contributed by atoms with van der Waals surface area (Å²) in [5, 5.41) is 0. The van der Waals surface area contributed by atoms with E-state index in [9.17, 15) is 4.79 Å². The zero-order valence-corrected chi connectivity index (χ0v) is 14.5. The number of carbonyl (C=O) groups is 1. The van der Waals surface area contributed by atoms with Gasteiger partial charge in [-0.25, -0.2) is 4.99 Å². The van der Waals surface area contributed by atoms with Crippen molar-refractivity contribution in [1.82, 2.24) is 0 Å². The fourth-order valence-electron chi connectivity index (χ4n) is 1.09. The molecule has 104 valence electrons. The van der Waals surface area contributed by atoms with Gasteiger partial charge in [0, 0.05) is 0 Å². The summed E-state index contributed by atoms with van der Waals surface area (Å²) in [6.07, 6.45) is 3.63. The molecule has 0 spiro atoms. The van der Waals surface area contributed by atoms with Crippen LogP contribution in [0.3, 0.4) is 0 Å². The van der Waals surface area contributed by atoms with E-state index in [-0.39, 0.29) is 12.5 Å². The molecule has 0 aliphatic rings. The van der Waals surface area contributed by atoms with Crippen molar-refractivity contribution in [2.45, 2.75) is 46.2 Å². The van der Waals surface area contributed by atoms with Crippen molar-refractivity contribution in [3.63, 3.8) is 0 Å². The van der Waals surface area contributed by atoms with Gasteiger partial charge in [0.1, 0.15) is 6.54 Å². The summed E-state index contributed by atoms with van der Waals surface area (Å²) in [7, 11) is -3.53. The van der Waals surface area contributed by atoms with Crippen molar-refractivity contribution in [3.8, 4) is 0 Å². The first kappa shape index (κ1) is 17.1. The zero-order chi connectivity index (χ0) is 14.4. The molecule has 0 aromatic heterocycles. The highest BCUT2D eigenvalue weighted by atomic mass is 28.4. The van der Waals surface area contributed by atoms with Crippen LogP contribution in [0.25, 0.3) is 0 Å². The summed E-state index contributed by atoms with van der Waals surface area (Å²) in [4.78, 5) is 15.7. The average molecular weight is 288 g/mol. The first-order valence-corrected chi connectivity index (χ1v) is 12.9. The zero-order valence-electron chi connectivity index (χ0n) is 12.5. The van der Waals surface area contributed by atoms with E-state index in [1.54, 1.807) is 6.08 Å². The number of rotatable bonds is 5. The van der Waals surface area contributed by atoms with Gasteiger partial charge in [-0.2, -0.15) is 0 Å². The number of aliphatic imine (C=N–C) groups is 1. The molecule has 0 atom stereocenters. The summed E-state index contributed by atoms with van der Waals surface area (Å²) >= 11 is 0. The van der Waals surface area contributed by atoms with Crippen LogP contribution in [0.2, 0.25) is 39.3 Å². The number of allylic oxidation sites excluding steroid dienone is 1. The van der Waals surface area contributed by atoms with Crippen molar-refractivity contribution in [1.29, 1.82) is 0 Å². The highest BCUT2D eigenvalue weighted by molar-refractivity contribution is 6.71. The molecule has 0 rings (SSSR count). The lowest BCUT2D eigenvalue weighted by Crippen LogP contribution is -2.31. The van der Waals surface area contributed by atoms with Crippen LogP contribution in [-0.2, 0) is 13.6 Å². The van der Waals surface area contributed by atoms with Crippen LogP contribution in [0.15, 0.2) is 17.1 Å². The third-order valence-electron chi connectivity index (χ3n) is 1.50. The molecule has 6 heteroatoms. The second-order valence-corrected chi connectivity index (χ2v) is 14.8. The minimum atomic E-state index is -1.83. The van der Waals surface area contributed by atoms with Crippen LogP contribution in [0.1, 0.15) is 6.92 Å². The van der Waals surface area contributed by atoms with Crippen LogP contribution >= 0.6 is 0 Å². The lowest BCUT2D eigenvalue weighted by Gasteiger charge is -2.19. The SMILES string of the molecule is C/C=C/C(=NCC(=O)O[Si](C)(C)C)O[Si](C)(C)C. The molecule has 18 heavy (non-hydrogen) atoms. The Kier molecular flexibility index (Phi) is 6.55. The lowest BCUT2D eigenvalue weighted by molar-refractivity contribution is -0.133. The first-order valence-electron chi connectivity index (χ1n) is 6.11. The fraction of sp³-hybridized carbons (Fsp3) is 0.667. The molecule has 0 saturated heterocycles. The third kappa shape index (κ3) is 10.3. The van der Waals surface area contributed by atoms with E-state index in [0.29, 0.717) is 5.90 Å². The van der Waals surface area contributed by atoms with Crippen molar-refractivity contribution in [2.75, 3.05) is 6.54 Å². The van der Waals surface area contributed by atoms with Gasteiger partial charge < -0.3 is 8.85 Å². The highest BCUT2D eigenvalue weighted by Crippen LogP contribution is 2.06. The molecule has 0 amide bonds. The van der Waals surface area contributed by atoms with Crippen LogP contribution in [0.4, 0.5) is 0 Å². The second kappa shape index (κ2) is 6.89. The van der Waals surface area contributed by atoms with Crippen molar-refractivity contribution >= 4 is 28.5 Å². The Hall–Kier alpha value is -0.886. The van der Waals surface area contributed by atoms with E-state index in [1.807, 2.05) is 32.6 Å². The molecule has 0 fully saturated rings. The Labute approximate surface area is 112 Å². The van der Waals surface area contributed by atoms with Gasteiger partial charge in [0.05, 0.1) is 0 Å². The molecular weight excluding hydrogens is 262 g/mol. The molecule has 0 N–H and O–H groups in total. The fourth-order valence-corrected chi connectivity index (χ4v) is 2.60. The second-order valence-electron chi connectivity index (χ2n) is 5.96. The van der Waals surface area contributed by atoms with Gasteiger partial charge in [-0.05, 0) is 52.3 Å². The predicted octanol–water partition coefficient (Wildman–Crippen LogP) is 3.19. The van der Waals surface area contributed by atoms with E-state index in [2.05, 4.69) is 24.6 Å². The third-order valence-corrected chi connectivity index (χ3v) is 3.17.